The van der Waals surface area contributed by atoms with Crippen molar-refractivity contribution < 1.29 is 0 Å². The first kappa shape index (κ1) is 14.5. The second-order valence-corrected chi connectivity index (χ2v) is 4.57. The van der Waals surface area contributed by atoms with Crippen molar-refractivity contribution in [3.8, 4) is 6.07 Å². The largest absolute Gasteiger partial charge is 0.303 e. The van der Waals surface area contributed by atoms with Gasteiger partial charge in [0.05, 0.1) is 6.08 Å². The van der Waals surface area contributed by atoms with Crippen molar-refractivity contribution in [1.82, 2.24) is 0 Å². The maximum Gasteiger partial charge on any atom is 0.303 e. The first-order valence-corrected chi connectivity index (χ1v) is 6.84. The molecule has 0 aromatic carbocycles. The van der Waals surface area contributed by atoms with E-state index in [1.165, 1.54) is 24.0 Å². The minimum Gasteiger partial charge on any atom is -0.0820 e. The topological polar surface area (TPSA) is 4.36 Å². The molecule has 0 N–H and O–H groups in total. The molecule has 1 nitrogen and oxygen atoms in total. The predicted octanol–water partition coefficient (Wildman–Crippen LogP) is 5.00. The van der Waals surface area contributed by atoms with E-state index in [0.29, 0.717) is 5.92 Å². The minimum absolute atomic E-state index is 0.541. The van der Waals surface area contributed by atoms with Gasteiger partial charge in [-0.15, -0.1) is 0 Å². The Kier molecular flexibility index (Phi) is 6.22. The van der Waals surface area contributed by atoms with Crippen molar-refractivity contribution in [1.29, 1.82) is 0 Å². The number of rotatable bonds is 3. The Morgan fingerprint density at radius 3 is 2.33 bits per heavy atom. The van der Waals surface area contributed by atoms with Crippen LogP contribution in [0.2, 0.25) is 0 Å². The summed E-state index contributed by atoms with van der Waals surface area (Å²) in [6.45, 7) is 6.61. The van der Waals surface area contributed by atoms with Gasteiger partial charge in [0.1, 0.15) is 0 Å². The SMILES string of the molecule is CC=C1C=CC(C(CC)CC)C=CC1=CC#[N+]C. The van der Waals surface area contributed by atoms with E-state index < -0.39 is 0 Å². The lowest BCUT2D eigenvalue weighted by molar-refractivity contribution is 0.426. The maximum atomic E-state index is 3.90. The monoisotopic (exact) mass is 242 g/mol. The highest BCUT2D eigenvalue weighted by atomic mass is 14.6. The van der Waals surface area contributed by atoms with Gasteiger partial charge < -0.3 is 0 Å². The summed E-state index contributed by atoms with van der Waals surface area (Å²) in [7, 11) is 1.75. The van der Waals surface area contributed by atoms with E-state index in [1.807, 2.05) is 6.08 Å². The smallest absolute Gasteiger partial charge is 0.0820 e. The van der Waals surface area contributed by atoms with Crippen molar-refractivity contribution in [2.24, 2.45) is 11.8 Å². The minimum atomic E-state index is 0.541. The van der Waals surface area contributed by atoms with Crippen LogP contribution in [0.15, 0.2) is 47.6 Å². The van der Waals surface area contributed by atoms with E-state index >= 15 is 0 Å². The van der Waals surface area contributed by atoms with Crippen molar-refractivity contribution >= 4 is 0 Å². The van der Waals surface area contributed by atoms with Gasteiger partial charge in [0, 0.05) is 0 Å². The van der Waals surface area contributed by atoms with Crippen molar-refractivity contribution in [2.45, 2.75) is 33.6 Å². The first-order valence-electron chi connectivity index (χ1n) is 6.84. The molecule has 0 aliphatic heterocycles. The van der Waals surface area contributed by atoms with Crippen LogP contribution in [0.4, 0.5) is 0 Å². The molecule has 1 rings (SSSR count). The fourth-order valence-corrected chi connectivity index (χ4v) is 2.36. The fraction of sp³-hybridized carbons (Fsp3) is 0.471. The lowest BCUT2D eigenvalue weighted by Crippen LogP contribution is -2.07. The second-order valence-electron chi connectivity index (χ2n) is 4.57. The molecule has 96 valence electrons. The molecule has 0 spiro atoms. The van der Waals surface area contributed by atoms with E-state index in [0.717, 1.165) is 5.92 Å². The van der Waals surface area contributed by atoms with Gasteiger partial charge in [-0.25, -0.2) is 0 Å². The number of hydrogen-bond acceptors (Lipinski definition) is 0. The highest BCUT2D eigenvalue weighted by Crippen LogP contribution is 2.27. The van der Waals surface area contributed by atoms with Gasteiger partial charge in [0.2, 0.25) is 0 Å². The highest BCUT2D eigenvalue weighted by Gasteiger charge is 2.15. The van der Waals surface area contributed by atoms with Crippen LogP contribution in [-0.2, 0) is 0 Å². The molecule has 0 aromatic rings. The van der Waals surface area contributed by atoms with Crippen LogP contribution >= 0.6 is 0 Å². The van der Waals surface area contributed by atoms with Crippen molar-refractivity contribution in [3.05, 3.63) is 52.4 Å². The molecule has 1 aliphatic carbocycles. The Morgan fingerprint density at radius 1 is 1.22 bits per heavy atom. The predicted molar refractivity (Wildman–Crippen MR) is 80.9 cm³/mol. The zero-order valence-corrected chi connectivity index (χ0v) is 12.0. The lowest BCUT2D eigenvalue weighted by atomic mass is 9.87. The van der Waals surface area contributed by atoms with Gasteiger partial charge in [-0.05, 0) is 29.9 Å². The van der Waals surface area contributed by atoms with E-state index in [2.05, 4.69) is 62.1 Å². The van der Waals surface area contributed by atoms with Gasteiger partial charge >= 0.3 is 6.07 Å². The third-order valence-corrected chi connectivity index (χ3v) is 3.58. The zero-order chi connectivity index (χ0) is 13.4. The molecule has 1 atom stereocenters. The van der Waals surface area contributed by atoms with Crippen molar-refractivity contribution in [2.75, 3.05) is 7.05 Å². The van der Waals surface area contributed by atoms with E-state index in [9.17, 15) is 0 Å². The third-order valence-electron chi connectivity index (χ3n) is 3.58. The van der Waals surface area contributed by atoms with Gasteiger partial charge in [0.15, 0.2) is 0 Å². The Labute approximate surface area is 111 Å². The quantitative estimate of drug-likeness (QED) is 0.613. The number of allylic oxidation sites excluding steroid dienone is 8. The molecular formula is C17H24N+. The molecule has 0 saturated heterocycles. The first-order chi connectivity index (χ1) is 8.76. The zero-order valence-electron chi connectivity index (χ0n) is 12.0. The fourth-order valence-electron chi connectivity index (χ4n) is 2.36. The lowest BCUT2D eigenvalue weighted by Gasteiger charge is -2.17. The molecule has 0 heterocycles. The molecule has 18 heavy (non-hydrogen) atoms. The Balaban J connectivity index is 3.04. The standard InChI is InChI=1S/C17H24N/c1-5-14(6-2)16-9-8-15(7-3)17(11-10-16)12-13-18-4/h7-12,14,16H,5-6H2,1-4H3/q+1. The molecular weight excluding hydrogens is 218 g/mol. The number of hydrogen-bond donors (Lipinski definition) is 0. The van der Waals surface area contributed by atoms with Crippen LogP contribution in [0.5, 0.6) is 0 Å². The summed E-state index contributed by atoms with van der Waals surface area (Å²) < 4.78 is 0. The third kappa shape index (κ3) is 3.74. The van der Waals surface area contributed by atoms with Crippen LogP contribution in [0.25, 0.3) is 4.85 Å². The molecule has 1 heteroatoms. The maximum absolute atomic E-state index is 3.90. The molecule has 0 aromatic heterocycles. The molecule has 0 radical (unpaired) electrons. The summed E-state index contributed by atoms with van der Waals surface area (Å²) in [5.74, 6) is 1.28. The molecule has 0 fully saturated rings. The number of nitrogens with zero attached hydrogens (tertiary/aromatic N) is 1. The Morgan fingerprint density at radius 2 is 1.83 bits per heavy atom. The van der Waals surface area contributed by atoms with Gasteiger partial charge in [-0.3, -0.25) is 0 Å². The van der Waals surface area contributed by atoms with E-state index in [-0.39, 0.29) is 0 Å². The van der Waals surface area contributed by atoms with E-state index in [4.69, 9.17) is 0 Å². The van der Waals surface area contributed by atoms with Crippen LogP contribution in [-0.4, -0.2) is 7.05 Å². The van der Waals surface area contributed by atoms with Crippen LogP contribution in [0, 0.1) is 17.9 Å². The summed E-state index contributed by atoms with van der Waals surface area (Å²) in [4.78, 5) is 3.90. The average Bonchev–Trinajstić information content (AvgIpc) is 2.60. The summed E-state index contributed by atoms with van der Waals surface area (Å²) >= 11 is 0. The Hall–Kier alpha value is -1.55. The summed E-state index contributed by atoms with van der Waals surface area (Å²) in [5, 5.41) is 0. The van der Waals surface area contributed by atoms with E-state index in [1.54, 1.807) is 7.05 Å². The van der Waals surface area contributed by atoms with Crippen LogP contribution in [0.1, 0.15) is 33.6 Å². The molecule has 0 saturated carbocycles. The van der Waals surface area contributed by atoms with Gasteiger partial charge in [-0.2, -0.15) is 0 Å². The Bertz CT molecular complexity index is 434. The van der Waals surface area contributed by atoms with Crippen molar-refractivity contribution in [3.63, 3.8) is 0 Å². The van der Waals surface area contributed by atoms with Crippen LogP contribution < -0.4 is 0 Å². The molecule has 0 amide bonds. The highest BCUT2D eigenvalue weighted by molar-refractivity contribution is 5.50. The van der Waals surface area contributed by atoms with Crippen LogP contribution in [0.3, 0.4) is 0 Å². The molecule has 0 bridgehead atoms. The summed E-state index contributed by atoms with van der Waals surface area (Å²) in [5.41, 5.74) is 2.43. The van der Waals surface area contributed by atoms with Gasteiger partial charge in [0.25, 0.3) is 7.05 Å². The van der Waals surface area contributed by atoms with Gasteiger partial charge in [-0.1, -0.05) is 61.9 Å². The average molecular weight is 242 g/mol. The normalized spacial score (nSPS) is 23.3. The summed E-state index contributed by atoms with van der Waals surface area (Å²) in [6.07, 6.45) is 15.6. The second kappa shape index (κ2) is 7.71. The molecule has 1 unspecified atom stereocenters. The summed E-state index contributed by atoms with van der Waals surface area (Å²) in [6, 6.07) is 2.92. The molecule has 1 aliphatic rings.